The number of hydrogen-bond donors (Lipinski definition) is 1. The van der Waals surface area contributed by atoms with Gasteiger partial charge in [0.15, 0.2) is 0 Å². The van der Waals surface area contributed by atoms with Crippen molar-refractivity contribution in [2.75, 3.05) is 26.2 Å². The van der Waals surface area contributed by atoms with Gasteiger partial charge in [-0.05, 0) is 12.0 Å². The van der Waals surface area contributed by atoms with Crippen molar-refractivity contribution >= 4 is 5.91 Å². The number of hydrogen-bond acceptors (Lipinski definition) is 3. The maximum atomic E-state index is 11.9. The lowest BCUT2D eigenvalue weighted by Crippen LogP contribution is -2.47. The lowest BCUT2D eigenvalue weighted by Gasteiger charge is -2.30. The highest BCUT2D eigenvalue weighted by Crippen LogP contribution is 2.44. The van der Waals surface area contributed by atoms with Crippen molar-refractivity contribution in [3.8, 4) is 0 Å². The zero-order valence-corrected chi connectivity index (χ0v) is 11.9. The fourth-order valence-electron chi connectivity index (χ4n) is 3.04. The number of morpholine rings is 1. The highest BCUT2D eigenvalue weighted by atomic mass is 16.5. The third-order valence-electron chi connectivity index (χ3n) is 4.19. The summed E-state index contributed by atoms with van der Waals surface area (Å²) in [5, 5.41) is 3.32. The zero-order chi connectivity index (χ0) is 13.9. The lowest BCUT2D eigenvalue weighted by atomic mass is 10.1. The summed E-state index contributed by atoms with van der Waals surface area (Å²) < 4.78 is 5.72. The van der Waals surface area contributed by atoms with Crippen molar-refractivity contribution in [1.82, 2.24) is 10.2 Å². The zero-order valence-electron chi connectivity index (χ0n) is 11.9. The molecule has 1 saturated heterocycles. The number of carbonyl (C=O) groups is 1. The second-order valence-electron chi connectivity index (χ2n) is 5.69. The molecule has 1 heterocycles. The van der Waals surface area contributed by atoms with E-state index in [1.165, 1.54) is 5.56 Å². The molecule has 1 aliphatic heterocycles. The summed E-state index contributed by atoms with van der Waals surface area (Å²) in [4.78, 5) is 13.9. The number of benzene rings is 1. The quantitative estimate of drug-likeness (QED) is 0.902. The third kappa shape index (κ3) is 3.02. The Labute approximate surface area is 120 Å². The van der Waals surface area contributed by atoms with Gasteiger partial charge in [0.25, 0.3) is 0 Å². The van der Waals surface area contributed by atoms with Crippen molar-refractivity contribution < 1.29 is 9.53 Å². The largest absolute Gasteiger partial charge is 0.374 e. The van der Waals surface area contributed by atoms with Crippen LogP contribution in [0.15, 0.2) is 30.3 Å². The van der Waals surface area contributed by atoms with E-state index < -0.39 is 0 Å². The first-order chi connectivity index (χ1) is 9.75. The smallest absolute Gasteiger partial charge is 0.219 e. The second-order valence-corrected chi connectivity index (χ2v) is 5.69. The molecule has 0 aromatic heterocycles. The van der Waals surface area contributed by atoms with Crippen LogP contribution in [-0.2, 0) is 9.53 Å². The Morgan fingerprint density at radius 1 is 1.40 bits per heavy atom. The van der Waals surface area contributed by atoms with Crippen LogP contribution in [0.2, 0.25) is 0 Å². The lowest BCUT2D eigenvalue weighted by molar-refractivity contribution is -0.132. The molecule has 1 aromatic carbocycles. The Morgan fingerprint density at radius 3 is 2.85 bits per heavy atom. The van der Waals surface area contributed by atoms with Gasteiger partial charge >= 0.3 is 0 Å². The highest BCUT2D eigenvalue weighted by Gasteiger charge is 2.44. The van der Waals surface area contributed by atoms with E-state index in [2.05, 4.69) is 29.6 Å². The van der Waals surface area contributed by atoms with Crippen molar-refractivity contribution in [3.05, 3.63) is 35.9 Å². The first kappa shape index (κ1) is 13.6. The summed E-state index contributed by atoms with van der Waals surface area (Å²) in [5.41, 5.74) is 1.34. The van der Waals surface area contributed by atoms with Gasteiger partial charge in [-0.25, -0.2) is 0 Å². The van der Waals surface area contributed by atoms with E-state index >= 15 is 0 Å². The summed E-state index contributed by atoms with van der Waals surface area (Å²) in [7, 11) is 0. The van der Waals surface area contributed by atoms with Gasteiger partial charge < -0.3 is 15.0 Å². The summed E-state index contributed by atoms with van der Waals surface area (Å²) in [6.07, 6.45) is 1.20. The third-order valence-corrected chi connectivity index (χ3v) is 4.19. The van der Waals surface area contributed by atoms with E-state index in [1.54, 1.807) is 6.92 Å². The Bertz CT molecular complexity index is 457. The van der Waals surface area contributed by atoms with E-state index in [1.807, 2.05) is 11.0 Å². The fourth-order valence-corrected chi connectivity index (χ4v) is 3.04. The molecule has 3 rings (SSSR count). The van der Waals surface area contributed by atoms with Crippen molar-refractivity contribution in [2.24, 2.45) is 0 Å². The molecule has 1 saturated carbocycles. The van der Waals surface area contributed by atoms with Gasteiger partial charge in [-0.1, -0.05) is 30.3 Å². The Balaban J connectivity index is 1.62. The molecular weight excluding hydrogens is 252 g/mol. The molecule has 0 radical (unpaired) electrons. The molecule has 1 amide bonds. The van der Waals surface area contributed by atoms with Crippen LogP contribution in [-0.4, -0.2) is 49.2 Å². The number of rotatable bonds is 4. The van der Waals surface area contributed by atoms with E-state index in [0.717, 1.165) is 26.1 Å². The van der Waals surface area contributed by atoms with Crippen molar-refractivity contribution in [3.63, 3.8) is 0 Å². The van der Waals surface area contributed by atoms with Gasteiger partial charge in [-0.15, -0.1) is 0 Å². The predicted octanol–water partition coefficient (Wildman–Crippen LogP) is 1.38. The van der Waals surface area contributed by atoms with Gasteiger partial charge in [0.2, 0.25) is 5.91 Å². The Kier molecular flexibility index (Phi) is 4.03. The number of nitrogens with one attached hydrogen (secondary N) is 1. The van der Waals surface area contributed by atoms with Gasteiger partial charge in [0, 0.05) is 38.5 Å². The molecule has 0 bridgehead atoms. The first-order valence-electron chi connectivity index (χ1n) is 7.40. The van der Waals surface area contributed by atoms with E-state index in [0.29, 0.717) is 18.5 Å². The van der Waals surface area contributed by atoms with Crippen LogP contribution in [0.3, 0.4) is 0 Å². The van der Waals surface area contributed by atoms with Crippen LogP contribution in [0.1, 0.15) is 24.8 Å². The number of carbonyl (C=O) groups excluding carboxylic acids is 1. The van der Waals surface area contributed by atoms with E-state index in [9.17, 15) is 4.79 Å². The summed E-state index contributed by atoms with van der Waals surface area (Å²) in [6.45, 7) is 4.86. The van der Waals surface area contributed by atoms with Crippen LogP contribution in [0.25, 0.3) is 0 Å². The Hall–Kier alpha value is -1.39. The summed E-state index contributed by atoms with van der Waals surface area (Å²) >= 11 is 0. The number of ether oxygens (including phenoxy) is 1. The maximum absolute atomic E-state index is 11.9. The van der Waals surface area contributed by atoms with Crippen LogP contribution in [0, 0.1) is 0 Å². The number of amides is 1. The van der Waals surface area contributed by atoms with Crippen LogP contribution in [0.4, 0.5) is 0 Å². The molecule has 20 heavy (non-hydrogen) atoms. The monoisotopic (exact) mass is 274 g/mol. The van der Waals surface area contributed by atoms with Crippen molar-refractivity contribution in [2.45, 2.75) is 31.4 Å². The van der Waals surface area contributed by atoms with Crippen molar-refractivity contribution in [1.29, 1.82) is 0 Å². The molecule has 3 atom stereocenters. The normalized spacial score (nSPS) is 28.9. The minimum atomic E-state index is 0.129. The van der Waals surface area contributed by atoms with Gasteiger partial charge in [0.1, 0.15) is 0 Å². The first-order valence-corrected chi connectivity index (χ1v) is 7.40. The molecule has 2 aliphatic rings. The molecule has 4 nitrogen and oxygen atoms in total. The van der Waals surface area contributed by atoms with Gasteiger partial charge in [0.05, 0.1) is 12.7 Å². The van der Waals surface area contributed by atoms with Crippen LogP contribution < -0.4 is 5.32 Å². The molecule has 1 N–H and O–H groups in total. The van der Waals surface area contributed by atoms with E-state index in [-0.39, 0.29) is 12.0 Å². The maximum Gasteiger partial charge on any atom is 0.219 e. The highest BCUT2D eigenvalue weighted by molar-refractivity contribution is 5.74. The fraction of sp³-hybridized carbons (Fsp3) is 0.562. The minimum absolute atomic E-state index is 0.129. The Morgan fingerprint density at radius 2 is 2.20 bits per heavy atom. The predicted molar refractivity (Wildman–Crippen MR) is 77.6 cm³/mol. The SMILES string of the molecule is CC(=O)N(CC1CNCCO1)[C@@H]1C[C@H]1c1ccccc1. The molecule has 0 spiro atoms. The molecule has 2 fully saturated rings. The molecule has 1 aliphatic carbocycles. The number of nitrogens with zero attached hydrogens (tertiary/aromatic N) is 1. The van der Waals surface area contributed by atoms with Crippen LogP contribution >= 0.6 is 0 Å². The minimum Gasteiger partial charge on any atom is -0.374 e. The topological polar surface area (TPSA) is 41.6 Å². The van der Waals surface area contributed by atoms with Gasteiger partial charge in [-0.2, -0.15) is 0 Å². The molecule has 4 heteroatoms. The average molecular weight is 274 g/mol. The molecule has 108 valence electrons. The average Bonchev–Trinajstić information content (AvgIpc) is 3.27. The summed E-state index contributed by atoms with van der Waals surface area (Å²) in [5.74, 6) is 0.652. The van der Waals surface area contributed by atoms with E-state index in [4.69, 9.17) is 4.74 Å². The van der Waals surface area contributed by atoms with Crippen LogP contribution in [0.5, 0.6) is 0 Å². The molecule has 1 unspecified atom stereocenters. The molecule has 1 aromatic rings. The van der Waals surface area contributed by atoms with Gasteiger partial charge in [-0.3, -0.25) is 4.79 Å². The summed E-state index contributed by atoms with van der Waals surface area (Å²) in [6, 6.07) is 10.8. The molecular formula is C16H22N2O2. The standard InChI is InChI=1S/C16H22N2O2/c1-12(19)18(11-14-10-17-7-8-20-14)16-9-15(16)13-5-3-2-4-6-13/h2-6,14-17H,7-11H2,1H3/t14?,15-,16+/m0/s1. The second kappa shape index (κ2) is 5.94.